The van der Waals surface area contributed by atoms with Gasteiger partial charge in [-0.2, -0.15) is 0 Å². The Morgan fingerprint density at radius 1 is 0.696 bits per heavy atom. The molecule has 1 fully saturated rings. The lowest BCUT2D eigenvalue weighted by Crippen LogP contribution is -2.91. The molecule has 0 aromatic heterocycles. The van der Waals surface area contributed by atoms with Gasteiger partial charge in [-0.05, 0) is 27.7 Å². The van der Waals surface area contributed by atoms with Crippen LogP contribution in [0.4, 0.5) is 0 Å². The van der Waals surface area contributed by atoms with Crippen LogP contribution in [0.2, 0.25) is 0 Å². The Morgan fingerprint density at radius 3 is 1.39 bits per heavy atom. The van der Waals surface area contributed by atoms with Crippen molar-refractivity contribution in [1.82, 2.24) is 0 Å². The molecule has 1 aliphatic heterocycles. The van der Waals surface area contributed by atoms with Crippen LogP contribution in [0.25, 0.3) is 0 Å². The predicted octanol–water partition coefficient (Wildman–Crippen LogP) is 3.50. The van der Waals surface area contributed by atoms with Gasteiger partial charge in [-0.3, -0.25) is 4.79 Å². The molecule has 0 saturated carbocycles. The van der Waals surface area contributed by atoms with E-state index in [1.165, 1.54) is 22.3 Å². The van der Waals surface area contributed by atoms with Crippen molar-refractivity contribution in [2.45, 2.75) is 39.8 Å². The van der Waals surface area contributed by atoms with Crippen LogP contribution < -0.4 is 5.32 Å². The molecular weight excluding hydrogens is 282 g/mol. The molecule has 2 aromatic carbocycles. The Kier molecular flexibility index (Phi) is 4.36. The number of carbonyl (C=O) groups is 1. The molecule has 0 aliphatic carbocycles. The molecule has 23 heavy (non-hydrogen) atoms. The van der Waals surface area contributed by atoms with Crippen molar-refractivity contribution in [3.63, 3.8) is 0 Å². The van der Waals surface area contributed by atoms with E-state index in [1.807, 2.05) is 0 Å². The van der Waals surface area contributed by atoms with Gasteiger partial charge in [0.05, 0.1) is 11.8 Å². The minimum atomic E-state index is 0.0504. The number of rotatable bonds is 2. The van der Waals surface area contributed by atoms with Crippen molar-refractivity contribution >= 4 is 5.78 Å². The lowest BCUT2D eigenvalue weighted by molar-refractivity contribution is -0.748. The molecule has 2 heteroatoms. The zero-order valence-corrected chi connectivity index (χ0v) is 14.4. The monoisotopic (exact) mass is 308 g/mol. The number of piperidine rings is 1. The van der Waals surface area contributed by atoms with Gasteiger partial charge >= 0.3 is 0 Å². The van der Waals surface area contributed by atoms with Crippen molar-refractivity contribution in [3.05, 3.63) is 70.8 Å². The maximum Gasteiger partial charge on any atom is 0.151 e. The molecule has 4 atom stereocenters. The number of carbonyl (C=O) groups excluding carboxylic acids is 1. The predicted molar refractivity (Wildman–Crippen MR) is 93.1 cm³/mol. The van der Waals surface area contributed by atoms with E-state index in [2.05, 4.69) is 81.5 Å². The van der Waals surface area contributed by atoms with Crippen molar-refractivity contribution < 1.29 is 10.1 Å². The Balaban J connectivity index is 1.94. The van der Waals surface area contributed by atoms with Gasteiger partial charge in [0.15, 0.2) is 5.78 Å². The van der Waals surface area contributed by atoms with Crippen LogP contribution in [0.15, 0.2) is 48.5 Å². The Bertz CT molecular complexity index is 627. The summed E-state index contributed by atoms with van der Waals surface area (Å²) in [4.78, 5) is 12.8. The topological polar surface area (TPSA) is 33.7 Å². The van der Waals surface area contributed by atoms with Gasteiger partial charge in [-0.25, -0.2) is 0 Å². The Hall–Kier alpha value is -1.93. The molecule has 0 amide bonds. The highest BCUT2D eigenvalue weighted by molar-refractivity contribution is 5.84. The summed E-state index contributed by atoms with van der Waals surface area (Å²) in [6.07, 6.45) is 0. The number of benzene rings is 2. The van der Waals surface area contributed by atoms with Gasteiger partial charge < -0.3 is 5.32 Å². The standard InChI is InChI=1S/C21H25NO/c1-13-5-9-17(10-6-13)19-15(3)21(23)16(4)20(22-19)18-11-7-14(2)8-12-18/h5-12,15-16,19-20,22H,1-4H3/p+1/t15-,16+,19-,20-/m1/s1. The van der Waals surface area contributed by atoms with E-state index < -0.39 is 0 Å². The Labute approximate surface area is 138 Å². The van der Waals surface area contributed by atoms with E-state index >= 15 is 0 Å². The van der Waals surface area contributed by atoms with E-state index in [1.54, 1.807) is 0 Å². The second-order valence-electron chi connectivity index (χ2n) is 7.05. The fraction of sp³-hybridized carbons (Fsp3) is 0.381. The number of ketones is 1. The number of hydrogen-bond donors (Lipinski definition) is 1. The normalized spacial score (nSPS) is 27.9. The number of Topliss-reactive ketones (excluding diaryl/α,β-unsaturated/α-hetero) is 1. The number of nitrogens with two attached hydrogens (primary N) is 1. The molecule has 0 spiro atoms. The third kappa shape index (κ3) is 3.09. The molecule has 0 unspecified atom stereocenters. The van der Waals surface area contributed by atoms with Crippen molar-refractivity contribution in [1.29, 1.82) is 0 Å². The second-order valence-corrected chi connectivity index (χ2v) is 7.05. The number of quaternary nitrogens is 1. The summed E-state index contributed by atoms with van der Waals surface area (Å²) >= 11 is 0. The van der Waals surface area contributed by atoms with Crippen LogP contribution >= 0.6 is 0 Å². The van der Waals surface area contributed by atoms with Crippen LogP contribution in [0.3, 0.4) is 0 Å². The largest absolute Gasteiger partial charge is 0.333 e. The molecule has 2 nitrogen and oxygen atoms in total. The zero-order chi connectivity index (χ0) is 16.6. The van der Waals surface area contributed by atoms with Crippen molar-refractivity contribution in [2.24, 2.45) is 11.8 Å². The minimum absolute atomic E-state index is 0.0504. The second kappa shape index (κ2) is 6.29. The summed E-state index contributed by atoms with van der Waals surface area (Å²) in [5.74, 6) is 0.479. The van der Waals surface area contributed by atoms with Crippen LogP contribution in [-0.4, -0.2) is 5.78 Å². The summed E-state index contributed by atoms with van der Waals surface area (Å²) in [6.45, 7) is 8.34. The number of aryl methyl sites for hydroxylation is 2. The first-order valence-corrected chi connectivity index (χ1v) is 8.49. The molecule has 1 aliphatic rings. The van der Waals surface area contributed by atoms with Crippen LogP contribution in [0.5, 0.6) is 0 Å². The minimum Gasteiger partial charge on any atom is -0.333 e. The van der Waals surface area contributed by atoms with E-state index in [0.29, 0.717) is 5.78 Å². The molecular formula is C21H26NO+. The van der Waals surface area contributed by atoms with Crippen LogP contribution in [0.1, 0.15) is 48.2 Å². The third-order valence-corrected chi connectivity index (χ3v) is 5.31. The molecule has 1 heterocycles. The Morgan fingerprint density at radius 2 is 1.04 bits per heavy atom. The molecule has 0 bridgehead atoms. The maximum atomic E-state index is 12.8. The first-order chi connectivity index (χ1) is 11.0. The fourth-order valence-electron chi connectivity index (χ4n) is 3.70. The average Bonchev–Trinajstić information content (AvgIpc) is 2.55. The summed E-state index contributed by atoms with van der Waals surface area (Å²) in [6, 6.07) is 17.6. The van der Waals surface area contributed by atoms with Gasteiger partial charge in [0.1, 0.15) is 12.1 Å². The quantitative estimate of drug-likeness (QED) is 0.905. The molecule has 3 rings (SSSR count). The first-order valence-electron chi connectivity index (χ1n) is 8.49. The average molecular weight is 308 g/mol. The molecule has 120 valence electrons. The van der Waals surface area contributed by atoms with Gasteiger partial charge in [0.25, 0.3) is 0 Å². The van der Waals surface area contributed by atoms with Crippen LogP contribution in [-0.2, 0) is 4.79 Å². The maximum absolute atomic E-state index is 12.8. The van der Waals surface area contributed by atoms with Gasteiger partial charge in [-0.15, -0.1) is 0 Å². The fourth-order valence-corrected chi connectivity index (χ4v) is 3.70. The van der Waals surface area contributed by atoms with Gasteiger partial charge in [-0.1, -0.05) is 59.7 Å². The van der Waals surface area contributed by atoms with Crippen molar-refractivity contribution in [3.8, 4) is 0 Å². The summed E-state index contributed by atoms with van der Waals surface area (Å²) in [7, 11) is 0. The summed E-state index contributed by atoms with van der Waals surface area (Å²) < 4.78 is 0. The highest BCUT2D eigenvalue weighted by Gasteiger charge is 2.43. The summed E-state index contributed by atoms with van der Waals surface area (Å²) in [5, 5.41) is 2.39. The highest BCUT2D eigenvalue weighted by Crippen LogP contribution is 2.32. The van der Waals surface area contributed by atoms with Gasteiger partial charge in [0.2, 0.25) is 0 Å². The summed E-state index contributed by atoms with van der Waals surface area (Å²) in [5.41, 5.74) is 5.01. The highest BCUT2D eigenvalue weighted by atomic mass is 16.1. The molecule has 1 saturated heterocycles. The first kappa shape index (κ1) is 15.9. The number of hydrogen-bond acceptors (Lipinski definition) is 1. The van der Waals surface area contributed by atoms with Crippen molar-refractivity contribution in [2.75, 3.05) is 0 Å². The zero-order valence-electron chi connectivity index (χ0n) is 14.4. The van der Waals surface area contributed by atoms with E-state index in [-0.39, 0.29) is 23.9 Å². The smallest absolute Gasteiger partial charge is 0.151 e. The lowest BCUT2D eigenvalue weighted by atomic mass is 9.76. The molecule has 2 N–H and O–H groups in total. The third-order valence-electron chi connectivity index (χ3n) is 5.31. The van der Waals surface area contributed by atoms with E-state index in [0.717, 1.165) is 0 Å². The van der Waals surface area contributed by atoms with E-state index in [9.17, 15) is 4.79 Å². The van der Waals surface area contributed by atoms with E-state index in [4.69, 9.17) is 0 Å². The molecule has 2 aromatic rings. The lowest BCUT2D eigenvalue weighted by Gasteiger charge is -2.36. The van der Waals surface area contributed by atoms with Crippen LogP contribution in [0, 0.1) is 25.7 Å². The van der Waals surface area contributed by atoms with Gasteiger partial charge in [0, 0.05) is 11.1 Å². The molecule has 0 radical (unpaired) electrons. The SMILES string of the molecule is Cc1ccc([C@@H]2[NH2+][C@@H](c3ccc(C)cc3)[C@@H](C)C(=O)[C@H]2C)cc1.